The second-order valence-electron chi connectivity index (χ2n) is 12.8. The summed E-state index contributed by atoms with van der Waals surface area (Å²) in [5, 5.41) is 0. The van der Waals surface area contributed by atoms with Gasteiger partial charge >= 0.3 is 0 Å². The minimum Gasteiger partial charge on any atom is -0.488 e. The van der Waals surface area contributed by atoms with E-state index >= 15 is 0 Å². The van der Waals surface area contributed by atoms with Crippen LogP contribution >= 0.6 is 0 Å². The summed E-state index contributed by atoms with van der Waals surface area (Å²) < 4.78 is 80.4. The van der Waals surface area contributed by atoms with Gasteiger partial charge in [0.25, 0.3) is 20.2 Å². The van der Waals surface area contributed by atoms with Gasteiger partial charge in [-0.2, -0.15) is 16.8 Å². The van der Waals surface area contributed by atoms with Crippen LogP contribution in [0.3, 0.4) is 0 Å². The topological polar surface area (TPSA) is 144 Å². The van der Waals surface area contributed by atoms with E-state index in [0.29, 0.717) is 11.3 Å². The van der Waals surface area contributed by atoms with E-state index in [1.807, 2.05) is 50.2 Å². The van der Waals surface area contributed by atoms with Gasteiger partial charge in [0.1, 0.15) is 27.7 Å². The molecule has 250 valence electrons. The fourth-order valence-corrected chi connectivity index (χ4v) is 6.56. The molecule has 0 spiro atoms. The molecule has 0 aliphatic heterocycles. The van der Waals surface area contributed by atoms with Crippen LogP contribution in [0, 0.1) is 0 Å². The molecule has 47 heavy (non-hydrogen) atoms. The van der Waals surface area contributed by atoms with E-state index in [1.165, 1.54) is 24.3 Å². The van der Waals surface area contributed by atoms with Crippen molar-refractivity contribution in [3.8, 4) is 17.2 Å². The van der Waals surface area contributed by atoms with Crippen molar-refractivity contribution in [3.63, 3.8) is 0 Å². The quantitative estimate of drug-likeness (QED) is 0.112. The number of rotatable bonds is 12. The Morgan fingerprint density at radius 1 is 0.702 bits per heavy atom. The van der Waals surface area contributed by atoms with E-state index in [0.717, 1.165) is 35.4 Å². The molecule has 0 bridgehead atoms. The van der Waals surface area contributed by atoms with Gasteiger partial charge in [0, 0.05) is 16.5 Å². The van der Waals surface area contributed by atoms with E-state index in [9.17, 15) is 30.7 Å². The molecule has 11 heteroatoms. The molecular weight excluding hydrogens is 641 g/mol. The van der Waals surface area contributed by atoms with Crippen molar-refractivity contribution in [2.75, 3.05) is 0 Å². The standard InChI is InChI=1S/C36H40O9S2/c1-8-35(4,5)45-29-17-13-27(14-18-29)36(6,7)26-11-15-28(16-12-26)44-31-20-10-25(22-33(31)47(41,42)43)34(37)24-9-19-30(23(2)3)32(21-24)46(38,39)40/h9-23H,8H2,1-7H3,(H,38,39,40)(H,41,42,43). The maximum Gasteiger partial charge on any atom is 0.298 e. The van der Waals surface area contributed by atoms with Crippen LogP contribution in [-0.2, 0) is 25.7 Å². The average Bonchev–Trinajstić information content (AvgIpc) is 3.00. The fraction of sp³-hybridized carbons (Fsp3) is 0.306. The molecule has 0 saturated carbocycles. The van der Waals surface area contributed by atoms with Crippen LogP contribution < -0.4 is 9.47 Å². The number of carbonyl (C=O) groups excluding carboxylic acids is 1. The smallest absolute Gasteiger partial charge is 0.298 e. The summed E-state index contributed by atoms with van der Waals surface area (Å²) >= 11 is 0. The Labute approximate surface area is 277 Å². The number of hydrogen-bond donors (Lipinski definition) is 2. The lowest BCUT2D eigenvalue weighted by Gasteiger charge is -2.28. The van der Waals surface area contributed by atoms with Crippen molar-refractivity contribution in [2.45, 2.75) is 81.6 Å². The van der Waals surface area contributed by atoms with Crippen LogP contribution in [0.5, 0.6) is 17.2 Å². The number of ketones is 1. The van der Waals surface area contributed by atoms with Crippen LogP contribution in [0.25, 0.3) is 0 Å². The molecule has 0 aliphatic rings. The van der Waals surface area contributed by atoms with Crippen LogP contribution in [0.2, 0.25) is 0 Å². The summed E-state index contributed by atoms with van der Waals surface area (Å²) in [4.78, 5) is 12.2. The van der Waals surface area contributed by atoms with Gasteiger partial charge in [0.15, 0.2) is 5.78 Å². The third kappa shape index (κ3) is 8.28. The first kappa shape index (κ1) is 35.8. The highest BCUT2D eigenvalue weighted by Crippen LogP contribution is 2.36. The zero-order chi connectivity index (χ0) is 34.9. The lowest BCUT2D eigenvalue weighted by Crippen LogP contribution is -2.26. The molecule has 0 unspecified atom stereocenters. The predicted molar refractivity (Wildman–Crippen MR) is 180 cm³/mol. The number of hydrogen-bond acceptors (Lipinski definition) is 7. The van der Waals surface area contributed by atoms with Gasteiger partial charge in [-0.3, -0.25) is 13.9 Å². The molecule has 4 aromatic carbocycles. The first-order chi connectivity index (χ1) is 21.7. The Morgan fingerprint density at radius 2 is 1.17 bits per heavy atom. The SMILES string of the molecule is CCC(C)(C)Oc1ccc(C(C)(C)c2ccc(Oc3ccc(C(=O)c4ccc(C(C)C)c(S(=O)(=O)O)c4)cc3S(=O)(=O)O)cc2)cc1. The van der Waals surface area contributed by atoms with Crippen molar-refractivity contribution in [3.05, 3.63) is 113 Å². The molecule has 0 amide bonds. The van der Waals surface area contributed by atoms with Crippen LogP contribution in [-0.4, -0.2) is 37.3 Å². The van der Waals surface area contributed by atoms with E-state index in [1.54, 1.807) is 26.0 Å². The molecule has 9 nitrogen and oxygen atoms in total. The largest absolute Gasteiger partial charge is 0.488 e. The third-order valence-corrected chi connectivity index (χ3v) is 10.1. The predicted octanol–water partition coefficient (Wildman–Crippen LogP) is 8.22. The van der Waals surface area contributed by atoms with Crippen molar-refractivity contribution < 1.29 is 40.2 Å². The number of benzene rings is 4. The van der Waals surface area contributed by atoms with E-state index in [-0.39, 0.29) is 33.8 Å². The number of carbonyl (C=O) groups is 1. The summed E-state index contributed by atoms with van der Waals surface area (Å²) in [5.74, 6) is -0.114. The van der Waals surface area contributed by atoms with Crippen LogP contribution in [0.1, 0.15) is 93.4 Å². The van der Waals surface area contributed by atoms with E-state index in [4.69, 9.17) is 9.47 Å². The molecule has 0 aliphatic carbocycles. The highest BCUT2D eigenvalue weighted by molar-refractivity contribution is 7.86. The Balaban J connectivity index is 1.60. The minimum absolute atomic E-state index is 0.0952. The molecule has 0 radical (unpaired) electrons. The Morgan fingerprint density at radius 3 is 1.64 bits per heavy atom. The molecule has 0 heterocycles. The van der Waals surface area contributed by atoms with Crippen molar-refractivity contribution in [1.82, 2.24) is 0 Å². The van der Waals surface area contributed by atoms with Crippen molar-refractivity contribution >= 4 is 26.0 Å². The molecular formula is C36H40O9S2. The lowest BCUT2D eigenvalue weighted by molar-refractivity contribution is 0.103. The average molecular weight is 681 g/mol. The second-order valence-corrected chi connectivity index (χ2v) is 15.6. The monoisotopic (exact) mass is 680 g/mol. The van der Waals surface area contributed by atoms with Gasteiger partial charge in [-0.1, -0.05) is 71.0 Å². The summed E-state index contributed by atoms with van der Waals surface area (Å²) in [7, 11) is -9.49. The fourth-order valence-electron chi connectivity index (χ4n) is 5.04. The zero-order valence-electron chi connectivity index (χ0n) is 27.4. The molecule has 0 saturated heterocycles. The molecule has 0 atom stereocenters. The maximum atomic E-state index is 13.3. The summed E-state index contributed by atoms with van der Waals surface area (Å²) in [5.41, 5.74) is 1.45. The second kappa shape index (κ2) is 13.2. The van der Waals surface area contributed by atoms with E-state index in [2.05, 4.69) is 20.8 Å². The van der Waals surface area contributed by atoms with Crippen LogP contribution in [0.15, 0.2) is 94.7 Å². The zero-order valence-corrected chi connectivity index (χ0v) is 29.1. The van der Waals surface area contributed by atoms with Crippen molar-refractivity contribution in [1.29, 1.82) is 0 Å². The minimum atomic E-state index is -4.85. The van der Waals surface area contributed by atoms with Gasteiger partial charge in [-0.15, -0.1) is 0 Å². The highest BCUT2D eigenvalue weighted by Gasteiger charge is 2.26. The van der Waals surface area contributed by atoms with Crippen LogP contribution in [0.4, 0.5) is 0 Å². The van der Waals surface area contributed by atoms with Crippen molar-refractivity contribution in [2.24, 2.45) is 0 Å². The molecule has 2 N–H and O–H groups in total. The summed E-state index contributed by atoms with van der Waals surface area (Å²) in [6.07, 6.45) is 0.871. The normalized spacial score (nSPS) is 12.6. The Hall–Kier alpha value is -4.03. The van der Waals surface area contributed by atoms with E-state index < -0.39 is 35.8 Å². The van der Waals surface area contributed by atoms with Gasteiger partial charge in [0.2, 0.25) is 0 Å². The Bertz CT molecular complexity index is 1990. The lowest BCUT2D eigenvalue weighted by atomic mass is 9.78. The first-order valence-electron chi connectivity index (χ1n) is 15.1. The first-order valence-corrected chi connectivity index (χ1v) is 18.0. The Kier molecular flexibility index (Phi) is 10.1. The highest BCUT2D eigenvalue weighted by atomic mass is 32.2. The van der Waals surface area contributed by atoms with Gasteiger partial charge < -0.3 is 9.47 Å². The van der Waals surface area contributed by atoms with Gasteiger partial charge in [0.05, 0.1) is 4.90 Å². The molecule has 4 rings (SSSR count). The van der Waals surface area contributed by atoms with Gasteiger partial charge in [-0.25, -0.2) is 0 Å². The summed E-state index contributed by atoms with van der Waals surface area (Å²) in [6, 6.07) is 22.4. The molecule has 0 fully saturated rings. The maximum absolute atomic E-state index is 13.3. The number of ether oxygens (including phenoxy) is 2. The third-order valence-electron chi connectivity index (χ3n) is 8.28. The molecule has 4 aromatic rings. The molecule has 0 aromatic heterocycles. The van der Waals surface area contributed by atoms with Gasteiger partial charge in [-0.05, 0) is 91.4 Å². The summed E-state index contributed by atoms with van der Waals surface area (Å²) in [6.45, 7) is 13.8.